The summed E-state index contributed by atoms with van der Waals surface area (Å²) in [7, 11) is 0. The van der Waals surface area contributed by atoms with Crippen molar-refractivity contribution in [2.75, 3.05) is 11.9 Å². The van der Waals surface area contributed by atoms with Crippen LogP contribution in [0.4, 0.5) is 5.82 Å². The van der Waals surface area contributed by atoms with Crippen LogP contribution in [0.2, 0.25) is 10.0 Å². The molecule has 5 nitrogen and oxygen atoms in total. The lowest BCUT2D eigenvalue weighted by Crippen LogP contribution is -2.24. The van der Waals surface area contributed by atoms with Crippen LogP contribution >= 0.6 is 23.2 Å². The second-order valence-corrected chi connectivity index (χ2v) is 7.78. The van der Waals surface area contributed by atoms with Gasteiger partial charge in [-0.3, -0.25) is 0 Å². The van der Waals surface area contributed by atoms with Crippen LogP contribution in [-0.2, 0) is 6.54 Å². The Morgan fingerprint density at radius 3 is 2.71 bits per heavy atom. The van der Waals surface area contributed by atoms with Crippen LogP contribution < -0.4 is 10.6 Å². The average Bonchev–Trinajstić information content (AvgIpc) is 3.12. The third-order valence-corrected chi connectivity index (χ3v) is 4.85. The molecule has 1 atom stereocenters. The summed E-state index contributed by atoms with van der Waals surface area (Å²) in [6.07, 6.45) is 3.58. The summed E-state index contributed by atoms with van der Waals surface area (Å²) in [5, 5.41) is 17.6. The molecule has 0 saturated carbocycles. The Balaban J connectivity index is 1.72. The summed E-state index contributed by atoms with van der Waals surface area (Å²) < 4.78 is 0. The highest BCUT2D eigenvalue weighted by Gasteiger charge is 2.12. The molecule has 3 aromatic rings. The molecule has 0 unspecified atom stereocenters. The first-order chi connectivity index (χ1) is 13.5. The maximum Gasteiger partial charge on any atom is 0.126 e. The summed E-state index contributed by atoms with van der Waals surface area (Å²) in [6, 6.07) is 11.6. The van der Waals surface area contributed by atoms with E-state index in [0.717, 1.165) is 28.2 Å². The monoisotopic (exact) mass is 418 g/mol. The molecule has 7 heteroatoms. The minimum Gasteiger partial charge on any atom is -0.394 e. The maximum absolute atomic E-state index is 9.72. The summed E-state index contributed by atoms with van der Waals surface area (Å²) in [4.78, 5) is 7.58. The summed E-state index contributed by atoms with van der Waals surface area (Å²) >= 11 is 12.4. The molecule has 3 rings (SSSR count). The molecular weight excluding hydrogens is 395 g/mol. The third kappa shape index (κ3) is 5.26. The summed E-state index contributed by atoms with van der Waals surface area (Å²) in [6.45, 7) is 4.67. The van der Waals surface area contributed by atoms with E-state index >= 15 is 0 Å². The molecule has 2 heterocycles. The molecule has 0 fully saturated rings. The lowest BCUT2D eigenvalue weighted by atomic mass is 10.1. The largest absolute Gasteiger partial charge is 0.394 e. The first kappa shape index (κ1) is 20.7. The molecule has 28 heavy (non-hydrogen) atoms. The Bertz CT molecular complexity index is 926. The number of aliphatic hydroxyl groups excluding tert-OH is 1. The van der Waals surface area contributed by atoms with Crippen LogP contribution in [-0.4, -0.2) is 27.7 Å². The lowest BCUT2D eigenvalue weighted by Gasteiger charge is -2.16. The van der Waals surface area contributed by atoms with Gasteiger partial charge in [-0.1, -0.05) is 35.3 Å². The van der Waals surface area contributed by atoms with Gasteiger partial charge in [0.1, 0.15) is 5.82 Å². The zero-order chi connectivity index (χ0) is 20.1. The van der Waals surface area contributed by atoms with E-state index in [1.54, 1.807) is 6.20 Å². The number of nitrogens with one attached hydrogen (secondary N) is 3. The fraction of sp³-hybridized carbons (Fsp3) is 0.286. The maximum atomic E-state index is 9.72. The van der Waals surface area contributed by atoms with Gasteiger partial charge in [-0.15, -0.1) is 0 Å². The molecule has 0 aliphatic rings. The van der Waals surface area contributed by atoms with E-state index in [9.17, 15) is 5.11 Å². The first-order valence-corrected chi connectivity index (χ1v) is 9.91. The molecular formula is C21H24Cl2N4O. The van der Waals surface area contributed by atoms with Crippen molar-refractivity contribution in [2.45, 2.75) is 32.5 Å². The Morgan fingerprint density at radius 2 is 2.00 bits per heavy atom. The van der Waals surface area contributed by atoms with E-state index in [2.05, 4.69) is 34.4 Å². The van der Waals surface area contributed by atoms with E-state index in [1.807, 2.05) is 42.6 Å². The zero-order valence-electron chi connectivity index (χ0n) is 15.8. The van der Waals surface area contributed by atoms with Gasteiger partial charge in [0.2, 0.25) is 0 Å². The second-order valence-electron chi connectivity index (χ2n) is 6.93. The molecule has 0 aliphatic heterocycles. The summed E-state index contributed by atoms with van der Waals surface area (Å²) in [5.74, 6) is 0.788. The predicted octanol–water partition coefficient (Wildman–Crippen LogP) is 5.03. The predicted molar refractivity (Wildman–Crippen MR) is 116 cm³/mol. The number of rotatable bonds is 8. The fourth-order valence-electron chi connectivity index (χ4n) is 2.98. The molecule has 4 N–H and O–H groups in total. The minimum atomic E-state index is -0.197. The lowest BCUT2D eigenvalue weighted by molar-refractivity contribution is 0.243. The number of anilines is 1. The van der Waals surface area contributed by atoms with Crippen molar-refractivity contribution >= 4 is 29.0 Å². The van der Waals surface area contributed by atoms with Crippen molar-refractivity contribution in [2.24, 2.45) is 0 Å². The highest BCUT2D eigenvalue weighted by Crippen LogP contribution is 2.30. The number of aromatic nitrogens is 2. The Kier molecular flexibility index (Phi) is 6.97. The Labute approximate surface area is 175 Å². The molecule has 0 saturated heterocycles. The van der Waals surface area contributed by atoms with Crippen molar-refractivity contribution in [3.8, 4) is 11.1 Å². The Morgan fingerprint density at radius 1 is 1.18 bits per heavy atom. The SMILES string of the molecule is CC(C)Nc1cc(-c2c[nH]c(CN[C@H](CO)c3cccc(Cl)c3)c2)c(Cl)cn1. The number of aliphatic hydroxyl groups is 1. The zero-order valence-corrected chi connectivity index (χ0v) is 17.3. The first-order valence-electron chi connectivity index (χ1n) is 9.15. The standard InChI is InChI=1S/C21H24Cl2N4O/c1-13(2)27-21-8-18(19(23)11-26-21)15-7-17(24-9-15)10-25-20(12-28)14-4-3-5-16(22)6-14/h3-9,11,13,20,24-25,28H,10,12H2,1-2H3,(H,26,27)/t20-/m1/s1. The Hall–Kier alpha value is -2.05. The van der Waals surface area contributed by atoms with Gasteiger partial charge in [0, 0.05) is 46.8 Å². The number of hydrogen-bond donors (Lipinski definition) is 4. The van der Waals surface area contributed by atoms with Crippen LogP contribution in [0, 0.1) is 0 Å². The molecule has 0 spiro atoms. The highest BCUT2D eigenvalue weighted by molar-refractivity contribution is 6.33. The molecule has 0 amide bonds. The van der Waals surface area contributed by atoms with Gasteiger partial charge in [0.15, 0.2) is 0 Å². The van der Waals surface area contributed by atoms with Crippen molar-refractivity contribution in [1.82, 2.24) is 15.3 Å². The van der Waals surface area contributed by atoms with Gasteiger partial charge in [-0.05, 0) is 43.7 Å². The smallest absolute Gasteiger partial charge is 0.126 e. The number of benzene rings is 1. The second kappa shape index (κ2) is 9.43. The number of aromatic amines is 1. The van der Waals surface area contributed by atoms with Gasteiger partial charge in [-0.2, -0.15) is 0 Å². The van der Waals surface area contributed by atoms with Gasteiger partial charge < -0.3 is 20.7 Å². The van der Waals surface area contributed by atoms with E-state index in [4.69, 9.17) is 23.2 Å². The van der Waals surface area contributed by atoms with Gasteiger partial charge in [-0.25, -0.2) is 4.98 Å². The van der Waals surface area contributed by atoms with Crippen LogP contribution in [0.15, 0.2) is 48.8 Å². The van der Waals surface area contributed by atoms with E-state index in [0.29, 0.717) is 16.6 Å². The van der Waals surface area contributed by atoms with Crippen molar-refractivity contribution in [3.05, 3.63) is 70.1 Å². The van der Waals surface area contributed by atoms with Crippen molar-refractivity contribution in [1.29, 1.82) is 0 Å². The van der Waals surface area contributed by atoms with Gasteiger partial charge >= 0.3 is 0 Å². The molecule has 0 aliphatic carbocycles. The van der Waals surface area contributed by atoms with E-state index < -0.39 is 0 Å². The summed E-state index contributed by atoms with van der Waals surface area (Å²) in [5.41, 5.74) is 3.83. The van der Waals surface area contributed by atoms with Crippen molar-refractivity contribution in [3.63, 3.8) is 0 Å². The number of hydrogen-bond acceptors (Lipinski definition) is 4. The molecule has 0 radical (unpaired) electrons. The van der Waals surface area contributed by atoms with Crippen LogP contribution in [0.25, 0.3) is 11.1 Å². The van der Waals surface area contributed by atoms with Crippen molar-refractivity contribution < 1.29 is 5.11 Å². The van der Waals surface area contributed by atoms with Crippen LogP contribution in [0.5, 0.6) is 0 Å². The van der Waals surface area contributed by atoms with Gasteiger partial charge in [0.05, 0.1) is 17.7 Å². The molecule has 148 valence electrons. The molecule has 2 aromatic heterocycles. The minimum absolute atomic E-state index is 0.0195. The highest BCUT2D eigenvalue weighted by atomic mass is 35.5. The third-order valence-electron chi connectivity index (χ3n) is 4.32. The molecule has 0 bridgehead atoms. The van der Waals surface area contributed by atoms with E-state index in [-0.39, 0.29) is 18.7 Å². The van der Waals surface area contributed by atoms with E-state index in [1.165, 1.54) is 0 Å². The number of halogens is 2. The van der Waals surface area contributed by atoms with Crippen LogP contribution in [0.1, 0.15) is 31.1 Å². The fourth-order valence-corrected chi connectivity index (χ4v) is 3.39. The number of nitrogens with zero attached hydrogens (tertiary/aromatic N) is 1. The van der Waals surface area contributed by atoms with Gasteiger partial charge in [0.25, 0.3) is 0 Å². The topological polar surface area (TPSA) is 73.0 Å². The number of H-pyrrole nitrogens is 1. The molecule has 1 aromatic carbocycles. The number of pyridine rings is 1. The normalized spacial score (nSPS) is 12.4. The quantitative estimate of drug-likeness (QED) is 0.413. The van der Waals surface area contributed by atoms with Crippen LogP contribution in [0.3, 0.4) is 0 Å². The average molecular weight is 419 g/mol.